The van der Waals surface area contributed by atoms with Crippen LogP contribution < -0.4 is 4.57 Å². The molecule has 0 atom stereocenters. The zero-order chi connectivity index (χ0) is 16.1. The van der Waals surface area contributed by atoms with E-state index in [2.05, 4.69) is 34.9 Å². The van der Waals surface area contributed by atoms with Gasteiger partial charge >= 0.3 is 0 Å². The molecular weight excluding hydrogens is 306 g/mol. The molecule has 0 aliphatic rings. The summed E-state index contributed by atoms with van der Waals surface area (Å²) in [5, 5.41) is 5.34. The Hall–Kier alpha value is -2.39. The molecule has 0 saturated heterocycles. The minimum Gasteiger partial charge on any atom is -0.228 e. The van der Waals surface area contributed by atoms with Crippen LogP contribution in [-0.4, -0.2) is 10.9 Å². The van der Waals surface area contributed by atoms with Gasteiger partial charge in [0.25, 0.3) is 5.82 Å². The Morgan fingerprint density at radius 3 is 2.52 bits per heavy atom. The molecule has 0 fully saturated rings. The highest BCUT2D eigenvalue weighted by Crippen LogP contribution is 2.09. The predicted molar refractivity (Wildman–Crippen MR) is 94.0 cm³/mol. The van der Waals surface area contributed by atoms with Crippen molar-refractivity contribution in [2.75, 3.05) is 0 Å². The number of rotatable bonds is 5. The van der Waals surface area contributed by atoms with E-state index in [9.17, 15) is 0 Å². The molecule has 3 aromatic rings. The predicted octanol–water partition coefficient (Wildman–Crippen LogP) is 3.92. The fourth-order valence-corrected chi connectivity index (χ4v) is 2.64. The number of nitrogens with zero attached hydrogens (tertiary/aromatic N) is 3. The third kappa shape index (κ3) is 3.88. The summed E-state index contributed by atoms with van der Waals surface area (Å²) in [5.74, 6) is 1.16. The van der Waals surface area contributed by atoms with Crippen LogP contribution in [0.1, 0.15) is 23.9 Å². The fraction of sp³-hybridized carbons (Fsp3) is 0.158. The van der Waals surface area contributed by atoms with Gasteiger partial charge in [-0.1, -0.05) is 66.1 Å². The molecule has 116 valence electrons. The van der Waals surface area contributed by atoms with Crippen molar-refractivity contribution in [1.29, 1.82) is 0 Å². The van der Waals surface area contributed by atoms with Crippen molar-refractivity contribution in [3.63, 3.8) is 0 Å². The second-order valence-corrected chi connectivity index (χ2v) is 5.76. The van der Waals surface area contributed by atoms with Crippen molar-refractivity contribution in [2.45, 2.75) is 19.9 Å². The first-order valence-corrected chi connectivity index (χ1v) is 8.07. The molecule has 0 N–H and O–H groups in total. The summed E-state index contributed by atoms with van der Waals surface area (Å²) in [4.78, 5) is 0. The Morgan fingerprint density at radius 1 is 1.09 bits per heavy atom. The maximum atomic E-state index is 5.95. The Bertz CT molecular complexity index is 789. The van der Waals surface area contributed by atoms with Crippen LogP contribution in [0.2, 0.25) is 5.02 Å². The van der Waals surface area contributed by atoms with Crippen LogP contribution >= 0.6 is 11.6 Å². The molecule has 0 aliphatic heterocycles. The normalized spacial score (nSPS) is 11.2. The van der Waals surface area contributed by atoms with E-state index in [1.807, 2.05) is 59.6 Å². The smallest absolute Gasteiger partial charge is 0.228 e. The standard InChI is InChI=1S/C19H19ClN3/c1-2-19-22(15-17-8-10-18(20)11-9-17)12-13-23(19)21-14-16-6-4-3-5-7-16/h3-14H,2,15H2,1H3/q+1. The van der Waals surface area contributed by atoms with Gasteiger partial charge < -0.3 is 0 Å². The molecule has 3 rings (SSSR count). The molecule has 0 amide bonds. The van der Waals surface area contributed by atoms with Crippen molar-refractivity contribution in [3.8, 4) is 0 Å². The van der Waals surface area contributed by atoms with Gasteiger partial charge in [0.05, 0.1) is 6.21 Å². The second-order valence-electron chi connectivity index (χ2n) is 5.32. The second kappa shape index (κ2) is 7.25. The van der Waals surface area contributed by atoms with Gasteiger partial charge in [0.2, 0.25) is 0 Å². The van der Waals surface area contributed by atoms with Crippen LogP contribution in [0, 0.1) is 0 Å². The topological polar surface area (TPSA) is 21.2 Å². The number of hydrogen-bond acceptors (Lipinski definition) is 1. The molecule has 2 aromatic carbocycles. The van der Waals surface area contributed by atoms with Gasteiger partial charge in [0.1, 0.15) is 12.7 Å². The lowest BCUT2D eigenvalue weighted by atomic mass is 10.2. The van der Waals surface area contributed by atoms with Crippen LogP contribution in [0.25, 0.3) is 0 Å². The first-order valence-electron chi connectivity index (χ1n) is 7.70. The maximum Gasteiger partial charge on any atom is 0.282 e. The summed E-state index contributed by atoms with van der Waals surface area (Å²) >= 11 is 5.95. The fourth-order valence-electron chi connectivity index (χ4n) is 2.52. The lowest BCUT2D eigenvalue weighted by Gasteiger charge is -2.01. The molecule has 0 unspecified atom stereocenters. The lowest BCUT2D eigenvalue weighted by Crippen LogP contribution is -2.37. The zero-order valence-electron chi connectivity index (χ0n) is 13.1. The summed E-state index contributed by atoms with van der Waals surface area (Å²) in [6.07, 6.45) is 6.85. The molecule has 1 aromatic heterocycles. The number of hydrogen-bond donors (Lipinski definition) is 0. The Labute approximate surface area is 141 Å². The van der Waals surface area contributed by atoms with Crippen LogP contribution in [0.4, 0.5) is 0 Å². The summed E-state index contributed by atoms with van der Waals surface area (Å²) < 4.78 is 4.15. The first kappa shape index (κ1) is 15.5. The largest absolute Gasteiger partial charge is 0.282 e. The van der Waals surface area contributed by atoms with Crippen molar-refractivity contribution in [2.24, 2.45) is 5.10 Å². The lowest BCUT2D eigenvalue weighted by molar-refractivity contribution is -0.695. The van der Waals surface area contributed by atoms with E-state index >= 15 is 0 Å². The van der Waals surface area contributed by atoms with Crippen molar-refractivity contribution >= 4 is 17.8 Å². The molecule has 0 radical (unpaired) electrons. The first-order chi connectivity index (χ1) is 11.3. The molecule has 23 heavy (non-hydrogen) atoms. The van der Waals surface area contributed by atoms with E-state index in [1.54, 1.807) is 0 Å². The Balaban J connectivity index is 1.82. The summed E-state index contributed by atoms with van der Waals surface area (Å²) in [6.45, 7) is 2.95. The highest BCUT2D eigenvalue weighted by atomic mass is 35.5. The highest BCUT2D eigenvalue weighted by Gasteiger charge is 2.15. The van der Waals surface area contributed by atoms with Gasteiger partial charge in [-0.05, 0) is 23.3 Å². The van der Waals surface area contributed by atoms with Crippen molar-refractivity contribution in [3.05, 3.63) is 89.0 Å². The van der Waals surface area contributed by atoms with E-state index < -0.39 is 0 Å². The van der Waals surface area contributed by atoms with Gasteiger partial charge in [0, 0.05) is 11.4 Å². The van der Waals surface area contributed by atoms with Crippen LogP contribution in [0.15, 0.2) is 72.1 Å². The minimum atomic E-state index is 0.763. The minimum absolute atomic E-state index is 0.763. The Kier molecular flexibility index (Phi) is 4.89. The molecular formula is C19H19ClN3+. The summed E-state index contributed by atoms with van der Waals surface area (Å²) in [7, 11) is 0. The van der Waals surface area contributed by atoms with E-state index in [-0.39, 0.29) is 0 Å². The van der Waals surface area contributed by atoms with E-state index in [4.69, 9.17) is 11.6 Å². The summed E-state index contributed by atoms with van der Waals surface area (Å²) in [6, 6.07) is 18.1. The number of aromatic nitrogens is 2. The third-order valence-corrected chi connectivity index (χ3v) is 3.95. The third-order valence-electron chi connectivity index (χ3n) is 3.70. The van der Waals surface area contributed by atoms with E-state index in [0.29, 0.717) is 0 Å². The van der Waals surface area contributed by atoms with Crippen molar-refractivity contribution < 1.29 is 4.57 Å². The van der Waals surface area contributed by atoms with Crippen LogP contribution in [0.5, 0.6) is 0 Å². The van der Waals surface area contributed by atoms with Crippen LogP contribution in [-0.2, 0) is 13.0 Å². The van der Waals surface area contributed by atoms with Gasteiger partial charge in [-0.25, -0.2) is 4.57 Å². The Morgan fingerprint density at radius 2 is 1.83 bits per heavy atom. The molecule has 1 heterocycles. The summed E-state index contributed by atoms with van der Waals surface area (Å²) in [5.41, 5.74) is 2.31. The highest BCUT2D eigenvalue weighted by molar-refractivity contribution is 6.30. The maximum absolute atomic E-state index is 5.95. The van der Waals surface area contributed by atoms with Gasteiger partial charge in [-0.15, -0.1) is 4.68 Å². The van der Waals surface area contributed by atoms with Gasteiger partial charge in [-0.2, -0.15) is 0 Å². The monoisotopic (exact) mass is 324 g/mol. The molecule has 0 bridgehead atoms. The SMILES string of the molecule is CCc1n(N=Cc2ccccc2)cc[n+]1Cc1ccc(Cl)cc1. The van der Waals surface area contributed by atoms with Gasteiger partial charge in [-0.3, -0.25) is 0 Å². The van der Waals surface area contributed by atoms with E-state index in [1.165, 1.54) is 5.56 Å². The average Bonchev–Trinajstić information content (AvgIpc) is 2.97. The van der Waals surface area contributed by atoms with Gasteiger partial charge in [0.15, 0.2) is 6.20 Å². The molecule has 0 saturated carbocycles. The number of imidazole rings is 1. The van der Waals surface area contributed by atoms with Crippen LogP contribution in [0.3, 0.4) is 0 Å². The van der Waals surface area contributed by atoms with E-state index in [0.717, 1.165) is 29.4 Å². The molecule has 0 aliphatic carbocycles. The number of benzene rings is 2. The average molecular weight is 325 g/mol. The molecule has 0 spiro atoms. The quantitative estimate of drug-likeness (QED) is 0.501. The molecule has 3 nitrogen and oxygen atoms in total. The number of halogens is 1. The zero-order valence-corrected chi connectivity index (χ0v) is 13.8. The van der Waals surface area contributed by atoms with Crippen molar-refractivity contribution in [1.82, 2.24) is 4.68 Å². The molecule has 4 heteroatoms.